The maximum atomic E-state index is 11.6. The smallest absolute Gasteiger partial charge is 0.227 e. The molecule has 0 bridgehead atoms. The lowest BCUT2D eigenvalue weighted by atomic mass is 10.3. The van der Waals surface area contributed by atoms with Crippen molar-refractivity contribution in [1.29, 1.82) is 0 Å². The highest BCUT2D eigenvalue weighted by atomic mass is 16.3. The summed E-state index contributed by atoms with van der Waals surface area (Å²) in [5.41, 5.74) is 0.842. The summed E-state index contributed by atoms with van der Waals surface area (Å²) in [5, 5.41) is 13.2. The zero-order valence-corrected chi connectivity index (χ0v) is 8.81. The maximum Gasteiger partial charge on any atom is 0.227 e. The van der Waals surface area contributed by atoms with Crippen LogP contribution in [0.3, 0.4) is 0 Å². The van der Waals surface area contributed by atoms with E-state index in [1.54, 1.807) is 11.9 Å². The Hall–Kier alpha value is -1.36. The van der Waals surface area contributed by atoms with E-state index in [2.05, 4.69) is 5.10 Å². The van der Waals surface area contributed by atoms with Crippen LogP contribution in [0.25, 0.3) is 0 Å². The molecular formula is C10H15N3O2. The molecule has 15 heavy (non-hydrogen) atoms. The number of aliphatic hydroxyl groups excluding tert-OH is 1. The molecule has 0 spiro atoms. The standard InChI is InChI=1S/C10H15N3O2/c1-12-9-7-8(4-6-14)11-13(9)5-2-3-10(12)15/h7,14H,2-6H2,1H3. The first kappa shape index (κ1) is 10.2. The van der Waals surface area contributed by atoms with Gasteiger partial charge in [-0.3, -0.25) is 4.79 Å². The van der Waals surface area contributed by atoms with Crippen molar-refractivity contribution in [3.8, 4) is 0 Å². The third-order valence-corrected chi connectivity index (χ3v) is 2.66. The summed E-state index contributed by atoms with van der Waals surface area (Å²) in [6, 6.07) is 1.87. The van der Waals surface area contributed by atoms with Crippen molar-refractivity contribution < 1.29 is 9.90 Å². The zero-order valence-electron chi connectivity index (χ0n) is 8.81. The number of amides is 1. The molecule has 82 valence electrons. The molecule has 2 heterocycles. The predicted octanol–water partition coefficient (Wildman–Crippen LogP) is 0.174. The average molecular weight is 209 g/mol. The number of aryl methyl sites for hydroxylation is 1. The Kier molecular flexibility index (Phi) is 2.73. The first-order chi connectivity index (χ1) is 7.22. The Morgan fingerprint density at radius 1 is 1.60 bits per heavy atom. The summed E-state index contributed by atoms with van der Waals surface area (Å²) >= 11 is 0. The number of carbonyl (C=O) groups excluding carboxylic acids is 1. The van der Waals surface area contributed by atoms with Gasteiger partial charge in [0.05, 0.1) is 5.69 Å². The third-order valence-electron chi connectivity index (χ3n) is 2.66. The van der Waals surface area contributed by atoms with Gasteiger partial charge in [-0.2, -0.15) is 5.10 Å². The fourth-order valence-corrected chi connectivity index (χ4v) is 1.81. The fraction of sp³-hybridized carbons (Fsp3) is 0.600. The minimum atomic E-state index is 0.0914. The summed E-state index contributed by atoms with van der Waals surface area (Å²) in [5.74, 6) is 0.963. The fourth-order valence-electron chi connectivity index (χ4n) is 1.81. The number of carbonyl (C=O) groups is 1. The largest absolute Gasteiger partial charge is 0.396 e. The number of aromatic nitrogens is 2. The second-order valence-corrected chi connectivity index (χ2v) is 3.75. The van der Waals surface area contributed by atoms with Gasteiger partial charge >= 0.3 is 0 Å². The van der Waals surface area contributed by atoms with Crippen LogP contribution < -0.4 is 4.90 Å². The van der Waals surface area contributed by atoms with E-state index >= 15 is 0 Å². The molecule has 0 aromatic carbocycles. The molecule has 1 aromatic heterocycles. The molecule has 1 aromatic rings. The molecular weight excluding hydrogens is 194 g/mol. The van der Waals surface area contributed by atoms with E-state index in [4.69, 9.17) is 5.11 Å². The van der Waals surface area contributed by atoms with Gasteiger partial charge < -0.3 is 10.0 Å². The Morgan fingerprint density at radius 2 is 2.40 bits per heavy atom. The van der Waals surface area contributed by atoms with Crippen LogP contribution in [-0.2, 0) is 17.8 Å². The summed E-state index contributed by atoms with van der Waals surface area (Å²) in [4.78, 5) is 13.2. The first-order valence-electron chi connectivity index (χ1n) is 5.16. The second-order valence-electron chi connectivity index (χ2n) is 3.75. The van der Waals surface area contributed by atoms with Crippen LogP contribution in [0.2, 0.25) is 0 Å². The maximum absolute atomic E-state index is 11.6. The van der Waals surface area contributed by atoms with Gasteiger partial charge in [-0.05, 0) is 6.42 Å². The number of fused-ring (bicyclic) bond motifs is 1. The second kappa shape index (κ2) is 4.02. The SMILES string of the molecule is CN1C(=O)CCCn2nc(CCO)cc21. The van der Waals surface area contributed by atoms with Crippen LogP contribution in [0, 0.1) is 0 Å². The van der Waals surface area contributed by atoms with Crippen LogP contribution in [0.5, 0.6) is 0 Å². The van der Waals surface area contributed by atoms with Gasteiger partial charge in [-0.1, -0.05) is 0 Å². The number of anilines is 1. The van der Waals surface area contributed by atoms with Gasteiger partial charge in [-0.15, -0.1) is 0 Å². The first-order valence-corrected chi connectivity index (χ1v) is 5.16. The van der Waals surface area contributed by atoms with Gasteiger partial charge in [0, 0.05) is 39.1 Å². The molecule has 0 fully saturated rings. The Bertz CT molecular complexity index is 373. The van der Waals surface area contributed by atoms with Crippen LogP contribution in [0.1, 0.15) is 18.5 Å². The minimum Gasteiger partial charge on any atom is -0.396 e. The average Bonchev–Trinajstić information content (AvgIpc) is 2.55. The third kappa shape index (κ3) is 1.87. The molecule has 1 amide bonds. The monoisotopic (exact) mass is 209 g/mol. The number of aliphatic hydroxyl groups is 1. The van der Waals surface area contributed by atoms with Crippen molar-refractivity contribution in [2.75, 3.05) is 18.6 Å². The highest BCUT2D eigenvalue weighted by molar-refractivity contribution is 5.92. The van der Waals surface area contributed by atoms with E-state index in [-0.39, 0.29) is 12.5 Å². The lowest BCUT2D eigenvalue weighted by Crippen LogP contribution is -2.25. The molecule has 1 N–H and O–H groups in total. The summed E-state index contributed by atoms with van der Waals surface area (Å²) in [6.45, 7) is 0.866. The van der Waals surface area contributed by atoms with Crippen molar-refractivity contribution in [3.05, 3.63) is 11.8 Å². The van der Waals surface area contributed by atoms with Crippen molar-refractivity contribution in [2.45, 2.75) is 25.8 Å². The van der Waals surface area contributed by atoms with E-state index in [1.165, 1.54) is 0 Å². The Morgan fingerprint density at radius 3 is 3.13 bits per heavy atom. The van der Waals surface area contributed by atoms with E-state index in [1.807, 2.05) is 10.7 Å². The molecule has 0 atom stereocenters. The molecule has 0 radical (unpaired) electrons. The summed E-state index contributed by atoms with van der Waals surface area (Å²) in [7, 11) is 1.77. The highest BCUT2D eigenvalue weighted by Crippen LogP contribution is 2.20. The van der Waals surface area contributed by atoms with E-state index < -0.39 is 0 Å². The molecule has 0 saturated heterocycles. The topological polar surface area (TPSA) is 58.4 Å². The quantitative estimate of drug-likeness (QED) is 0.755. The van der Waals surface area contributed by atoms with Gasteiger partial charge in [0.25, 0.3) is 0 Å². The zero-order chi connectivity index (χ0) is 10.8. The number of hydrogen-bond acceptors (Lipinski definition) is 3. The Labute approximate surface area is 88.3 Å². The van der Waals surface area contributed by atoms with Gasteiger partial charge in [0.1, 0.15) is 5.82 Å². The normalized spacial score (nSPS) is 16.4. The number of hydrogen-bond donors (Lipinski definition) is 1. The van der Waals surface area contributed by atoms with Crippen LogP contribution in [0.4, 0.5) is 5.82 Å². The molecule has 1 aliphatic rings. The summed E-state index contributed by atoms with van der Waals surface area (Å²) in [6.07, 6.45) is 1.95. The molecule has 0 aliphatic carbocycles. The number of nitrogens with zero attached hydrogens (tertiary/aromatic N) is 3. The molecule has 5 nitrogen and oxygen atoms in total. The van der Waals surface area contributed by atoms with Crippen LogP contribution in [-0.4, -0.2) is 34.4 Å². The van der Waals surface area contributed by atoms with Crippen molar-refractivity contribution in [3.63, 3.8) is 0 Å². The van der Waals surface area contributed by atoms with E-state index in [9.17, 15) is 4.79 Å². The lowest BCUT2D eigenvalue weighted by Gasteiger charge is -2.13. The van der Waals surface area contributed by atoms with Crippen LogP contribution in [0.15, 0.2) is 6.07 Å². The van der Waals surface area contributed by atoms with Crippen molar-refractivity contribution in [1.82, 2.24) is 9.78 Å². The minimum absolute atomic E-state index is 0.0914. The Balaban J connectivity index is 2.32. The molecule has 5 heteroatoms. The lowest BCUT2D eigenvalue weighted by molar-refractivity contribution is -0.118. The van der Waals surface area contributed by atoms with Crippen molar-refractivity contribution in [2.24, 2.45) is 0 Å². The van der Waals surface area contributed by atoms with E-state index in [0.29, 0.717) is 12.8 Å². The summed E-state index contributed by atoms with van der Waals surface area (Å²) < 4.78 is 1.84. The van der Waals surface area contributed by atoms with E-state index in [0.717, 1.165) is 24.5 Å². The molecule has 1 aliphatic heterocycles. The van der Waals surface area contributed by atoms with Gasteiger partial charge in [0.2, 0.25) is 5.91 Å². The predicted molar refractivity (Wildman–Crippen MR) is 55.7 cm³/mol. The van der Waals surface area contributed by atoms with Gasteiger partial charge in [0.15, 0.2) is 0 Å². The van der Waals surface area contributed by atoms with Crippen molar-refractivity contribution >= 4 is 11.7 Å². The van der Waals surface area contributed by atoms with Crippen LogP contribution >= 0.6 is 0 Å². The number of rotatable bonds is 2. The highest BCUT2D eigenvalue weighted by Gasteiger charge is 2.20. The molecule has 2 rings (SSSR count). The molecule has 0 saturated carbocycles. The van der Waals surface area contributed by atoms with Gasteiger partial charge in [-0.25, -0.2) is 4.68 Å². The molecule has 0 unspecified atom stereocenters.